The van der Waals surface area contributed by atoms with Crippen molar-refractivity contribution in [2.24, 2.45) is 5.92 Å². The first-order valence-corrected chi connectivity index (χ1v) is 11.1. The molecular formula is C25H23Cl2NO3. The van der Waals surface area contributed by atoms with E-state index in [9.17, 15) is 9.59 Å². The maximum atomic E-state index is 13.2. The summed E-state index contributed by atoms with van der Waals surface area (Å²) in [6.07, 6.45) is 3.77. The van der Waals surface area contributed by atoms with Crippen molar-refractivity contribution in [1.82, 2.24) is 5.32 Å². The molecule has 6 heteroatoms. The molecule has 1 aliphatic heterocycles. The van der Waals surface area contributed by atoms with E-state index in [1.54, 1.807) is 18.2 Å². The summed E-state index contributed by atoms with van der Waals surface area (Å²) in [5.74, 6) is -1.36. The number of halogens is 2. The Bertz CT molecular complexity index is 1080. The van der Waals surface area contributed by atoms with Crippen molar-refractivity contribution in [3.63, 3.8) is 0 Å². The maximum Gasteiger partial charge on any atom is 0.336 e. The van der Waals surface area contributed by atoms with Gasteiger partial charge in [0.15, 0.2) is 0 Å². The molecular weight excluding hydrogens is 433 g/mol. The number of nitrogens with one attached hydrogen (secondary N) is 1. The largest absolute Gasteiger partial charge is 0.462 e. The minimum atomic E-state index is -0.519. The van der Waals surface area contributed by atoms with E-state index < -0.39 is 17.8 Å². The lowest BCUT2D eigenvalue weighted by atomic mass is 9.71. The second kappa shape index (κ2) is 9.29. The highest BCUT2D eigenvalue weighted by Crippen LogP contribution is 2.46. The molecule has 2 unspecified atom stereocenters. The van der Waals surface area contributed by atoms with Crippen molar-refractivity contribution in [3.05, 3.63) is 92.7 Å². The summed E-state index contributed by atoms with van der Waals surface area (Å²) in [5, 5.41) is 4.20. The predicted octanol–water partition coefficient (Wildman–Crippen LogP) is 5.60. The van der Waals surface area contributed by atoms with Crippen LogP contribution in [0.15, 0.2) is 71.6 Å². The van der Waals surface area contributed by atoms with Crippen molar-refractivity contribution in [2.45, 2.75) is 32.1 Å². The van der Waals surface area contributed by atoms with Crippen LogP contribution in [0.25, 0.3) is 0 Å². The van der Waals surface area contributed by atoms with Gasteiger partial charge in [-0.05, 0) is 36.6 Å². The van der Waals surface area contributed by atoms with Crippen molar-refractivity contribution in [3.8, 4) is 0 Å². The number of hydrogen-bond donors (Lipinski definition) is 1. The molecule has 2 atom stereocenters. The van der Waals surface area contributed by atoms with Gasteiger partial charge in [-0.1, -0.05) is 65.7 Å². The fraction of sp³-hybridized carbons (Fsp3) is 0.280. The van der Waals surface area contributed by atoms with Crippen LogP contribution in [0.5, 0.6) is 0 Å². The fourth-order valence-corrected chi connectivity index (χ4v) is 4.88. The zero-order valence-corrected chi connectivity index (χ0v) is 18.7. The molecule has 2 aliphatic rings. The van der Waals surface area contributed by atoms with Crippen LogP contribution in [0.1, 0.15) is 36.8 Å². The lowest BCUT2D eigenvalue weighted by molar-refractivity contribution is -0.139. The van der Waals surface area contributed by atoms with E-state index in [-0.39, 0.29) is 12.4 Å². The van der Waals surface area contributed by atoms with E-state index >= 15 is 0 Å². The minimum Gasteiger partial charge on any atom is -0.462 e. The monoisotopic (exact) mass is 455 g/mol. The third-order valence-corrected chi connectivity index (χ3v) is 6.36. The average Bonchev–Trinajstić information content (AvgIpc) is 2.74. The first-order chi connectivity index (χ1) is 15.0. The van der Waals surface area contributed by atoms with Gasteiger partial charge in [-0.3, -0.25) is 4.79 Å². The lowest BCUT2D eigenvalue weighted by Gasteiger charge is -2.38. The Morgan fingerprint density at radius 2 is 1.90 bits per heavy atom. The van der Waals surface area contributed by atoms with Gasteiger partial charge in [0.1, 0.15) is 5.78 Å². The first-order valence-electron chi connectivity index (χ1n) is 10.3. The number of benzene rings is 2. The van der Waals surface area contributed by atoms with Crippen LogP contribution in [-0.4, -0.2) is 18.4 Å². The molecule has 4 rings (SSSR count). The molecule has 2 aromatic rings. The van der Waals surface area contributed by atoms with E-state index in [2.05, 4.69) is 5.32 Å². The summed E-state index contributed by atoms with van der Waals surface area (Å²) >= 11 is 12.6. The Morgan fingerprint density at radius 1 is 1.13 bits per heavy atom. The summed E-state index contributed by atoms with van der Waals surface area (Å²) in [6, 6.07) is 15.0. The van der Waals surface area contributed by atoms with Crippen LogP contribution in [0.3, 0.4) is 0 Å². The number of ether oxygens (including phenoxy) is 1. The highest BCUT2D eigenvalue weighted by molar-refractivity contribution is 6.35. The van der Waals surface area contributed by atoms with Gasteiger partial charge in [0.05, 0.1) is 18.1 Å². The number of carbonyl (C=O) groups excluding carboxylic acids is 2. The van der Waals surface area contributed by atoms with E-state index in [1.165, 1.54) is 0 Å². The molecule has 0 fully saturated rings. The summed E-state index contributed by atoms with van der Waals surface area (Å²) < 4.78 is 5.65. The molecule has 2 aromatic carbocycles. The van der Waals surface area contributed by atoms with Crippen molar-refractivity contribution in [1.29, 1.82) is 0 Å². The number of rotatable bonds is 5. The SMILES string of the molecule is CC1=C(C(=O)OCCc2ccccc2)C(c2ccc(Cl)cc2Cl)C2C(=O)CCC=C2N1. The predicted molar refractivity (Wildman–Crippen MR) is 122 cm³/mol. The second-order valence-electron chi connectivity index (χ2n) is 7.82. The van der Waals surface area contributed by atoms with Crippen LogP contribution in [0, 0.1) is 5.92 Å². The van der Waals surface area contributed by atoms with Gasteiger partial charge >= 0.3 is 5.97 Å². The van der Waals surface area contributed by atoms with Gasteiger partial charge < -0.3 is 10.1 Å². The molecule has 1 N–H and O–H groups in total. The molecule has 4 nitrogen and oxygen atoms in total. The second-order valence-corrected chi connectivity index (χ2v) is 8.66. The molecule has 0 bridgehead atoms. The average molecular weight is 456 g/mol. The highest BCUT2D eigenvalue weighted by Gasteiger charge is 2.44. The van der Waals surface area contributed by atoms with Crippen LogP contribution in [-0.2, 0) is 20.7 Å². The van der Waals surface area contributed by atoms with E-state index in [0.717, 1.165) is 11.3 Å². The molecule has 1 heterocycles. The molecule has 0 spiro atoms. The Labute approximate surface area is 191 Å². The van der Waals surface area contributed by atoms with Crippen molar-refractivity contribution >= 4 is 35.0 Å². The van der Waals surface area contributed by atoms with Gasteiger partial charge in [-0.25, -0.2) is 4.79 Å². The topological polar surface area (TPSA) is 55.4 Å². The van der Waals surface area contributed by atoms with Crippen LogP contribution >= 0.6 is 23.2 Å². The summed E-state index contributed by atoms with van der Waals surface area (Å²) in [6.45, 7) is 2.09. The zero-order valence-electron chi connectivity index (χ0n) is 17.2. The standard InChI is InChI=1S/C25H23Cl2NO3/c1-15-22(25(30)31-13-12-16-6-3-2-4-7-16)23(18-11-10-17(26)14-19(18)27)24-20(28-15)8-5-9-21(24)29/h2-4,6-8,10-11,14,23-24,28H,5,9,12-13H2,1H3. The number of allylic oxidation sites excluding steroid dienone is 3. The molecule has 0 saturated carbocycles. The summed E-state index contributed by atoms with van der Waals surface area (Å²) in [7, 11) is 0. The van der Waals surface area contributed by atoms with Gasteiger partial charge in [-0.2, -0.15) is 0 Å². The molecule has 1 aliphatic carbocycles. The quantitative estimate of drug-likeness (QED) is 0.595. The Hall–Kier alpha value is -2.56. The highest BCUT2D eigenvalue weighted by atomic mass is 35.5. The van der Waals surface area contributed by atoms with Crippen molar-refractivity contribution in [2.75, 3.05) is 6.61 Å². The minimum absolute atomic E-state index is 0.0862. The first kappa shape index (κ1) is 21.7. The molecule has 0 radical (unpaired) electrons. The van der Waals surface area contributed by atoms with Gasteiger partial charge in [0, 0.05) is 40.2 Å². The van der Waals surface area contributed by atoms with Gasteiger partial charge in [-0.15, -0.1) is 0 Å². The third kappa shape index (κ3) is 4.56. The Balaban J connectivity index is 1.67. The Kier molecular flexibility index (Phi) is 6.49. The van der Waals surface area contributed by atoms with Crippen molar-refractivity contribution < 1.29 is 14.3 Å². The molecule has 0 aromatic heterocycles. The van der Waals surface area contributed by atoms with E-state index in [0.29, 0.717) is 46.1 Å². The van der Waals surface area contributed by atoms with E-state index in [1.807, 2.05) is 43.3 Å². The third-order valence-electron chi connectivity index (χ3n) is 5.80. The molecule has 31 heavy (non-hydrogen) atoms. The number of carbonyl (C=O) groups is 2. The summed E-state index contributed by atoms with van der Waals surface area (Å²) in [5.41, 5.74) is 3.74. The smallest absolute Gasteiger partial charge is 0.336 e. The lowest BCUT2D eigenvalue weighted by Crippen LogP contribution is -2.41. The van der Waals surface area contributed by atoms with E-state index in [4.69, 9.17) is 27.9 Å². The molecule has 160 valence electrons. The number of ketones is 1. The number of fused-ring (bicyclic) bond motifs is 1. The van der Waals surface area contributed by atoms with Gasteiger partial charge in [0.2, 0.25) is 0 Å². The number of Topliss-reactive ketones (excluding diaryl/α,β-unsaturated/α-hetero) is 1. The fourth-order valence-electron chi connectivity index (χ4n) is 4.36. The zero-order chi connectivity index (χ0) is 22.0. The number of esters is 1. The summed E-state index contributed by atoms with van der Waals surface area (Å²) in [4.78, 5) is 26.2. The van der Waals surface area contributed by atoms with Crippen LogP contribution < -0.4 is 5.32 Å². The molecule has 0 amide bonds. The maximum absolute atomic E-state index is 13.2. The molecule has 0 saturated heterocycles. The Morgan fingerprint density at radius 3 is 2.65 bits per heavy atom. The van der Waals surface area contributed by atoms with Gasteiger partial charge in [0.25, 0.3) is 0 Å². The number of hydrogen-bond acceptors (Lipinski definition) is 4. The van der Waals surface area contributed by atoms with Crippen LogP contribution in [0.2, 0.25) is 10.0 Å². The van der Waals surface area contributed by atoms with Crippen LogP contribution in [0.4, 0.5) is 0 Å². The normalized spacial score (nSPS) is 20.6.